The smallest absolute Gasteiger partial charge is 0.244 e. The molecule has 1 aromatic heterocycles. The van der Waals surface area contributed by atoms with Gasteiger partial charge in [-0.1, -0.05) is 52.6 Å². The first-order chi connectivity index (χ1) is 17.7. The molecule has 1 heterocycles. The lowest BCUT2D eigenvalue weighted by Gasteiger charge is -2.10. The van der Waals surface area contributed by atoms with Crippen molar-refractivity contribution in [1.82, 2.24) is 20.1 Å². The summed E-state index contributed by atoms with van der Waals surface area (Å²) in [7, 11) is 3.10. The summed E-state index contributed by atoms with van der Waals surface area (Å²) in [5.74, 6) is 1.16. The van der Waals surface area contributed by atoms with E-state index in [1.54, 1.807) is 32.4 Å². The third kappa shape index (κ3) is 7.78. The van der Waals surface area contributed by atoms with Gasteiger partial charge in [0.25, 0.3) is 0 Å². The third-order valence-corrected chi connectivity index (χ3v) is 6.75. The van der Waals surface area contributed by atoms with E-state index in [-0.39, 0.29) is 34.2 Å². The van der Waals surface area contributed by atoms with Gasteiger partial charge in [0, 0.05) is 17.6 Å². The number of methoxy groups -OCH3 is 2. The maximum atomic E-state index is 12.4. The van der Waals surface area contributed by atoms with E-state index in [0.717, 1.165) is 5.56 Å². The molecule has 9 nitrogen and oxygen atoms in total. The van der Waals surface area contributed by atoms with Crippen molar-refractivity contribution in [3.8, 4) is 11.5 Å². The van der Waals surface area contributed by atoms with Gasteiger partial charge >= 0.3 is 0 Å². The molecule has 0 spiro atoms. The molecule has 13 heteroatoms. The van der Waals surface area contributed by atoms with Crippen LogP contribution in [-0.2, 0) is 22.7 Å². The molecular weight excluding hydrogens is 561 g/mol. The number of nitrogens with zero attached hydrogens (tertiary/aromatic N) is 3. The minimum atomic E-state index is -0.322. The zero-order valence-electron chi connectivity index (χ0n) is 20.2. The summed E-state index contributed by atoms with van der Waals surface area (Å²) in [5.41, 5.74) is 1.07. The molecule has 0 radical (unpaired) electrons. The van der Waals surface area contributed by atoms with Crippen LogP contribution in [0.4, 0.5) is 5.69 Å². The van der Waals surface area contributed by atoms with Crippen LogP contribution < -0.4 is 20.1 Å². The predicted molar refractivity (Wildman–Crippen MR) is 147 cm³/mol. The van der Waals surface area contributed by atoms with Gasteiger partial charge < -0.3 is 24.7 Å². The van der Waals surface area contributed by atoms with Crippen molar-refractivity contribution < 1.29 is 19.1 Å². The molecule has 196 valence electrons. The van der Waals surface area contributed by atoms with Crippen molar-refractivity contribution in [2.24, 2.45) is 0 Å². The van der Waals surface area contributed by atoms with Crippen molar-refractivity contribution in [2.45, 2.75) is 25.2 Å². The average molecular weight is 585 g/mol. The monoisotopic (exact) mass is 583 g/mol. The number of carbonyl (C=O) groups is 2. The molecule has 0 aliphatic rings. The van der Waals surface area contributed by atoms with E-state index in [1.807, 2.05) is 17.6 Å². The van der Waals surface area contributed by atoms with Crippen LogP contribution in [-0.4, -0.2) is 46.6 Å². The van der Waals surface area contributed by atoms with Crippen LogP contribution in [0, 0.1) is 0 Å². The van der Waals surface area contributed by atoms with Crippen LogP contribution in [0.25, 0.3) is 6.08 Å². The second-order valence-electron chi connectivity index (χ2n) is 7.39. The predicted octanol–water partition coefficient (Wildman–Crippen LogP) is 5.34. The molecule has 2 amide bonds. The summed E-state index contributed by atoms with van der Waals surface area (Å²) in [6.07, 6.45) is 3.09. The topological polar surface area (TPSA) is 107 Å². The number of carbonyl (C=O) groups excluding carboxylic acids is 2. The summed E-state index contributed by atoms with van der Waals surface area (Å²) in [6.45, 7) is 2.64. The Balaban J connectivity index is 1.56. The molecule has 0 aliphatic carbocycles. The van der Waals surface area contributed by atoms with Crippen LogP contribution >= 0.6 is 46.6 Å². The summed E-state index contributed by atoms with van der Waals surface area (Å²) < 4.78 is 12.3. The standard InChI is InChI=1S/C24H24Cl3N5O4S/c1-4-32-20(12-28-21(33)8-6-14-5-7-18(35-2)19(9-14)36-3)30-31-24(32)37-13-22(34)29-23-16(26)10-15(25)11-17(23)27/h5-11H,4,12-13H2,1-3H3,(H,28,33)(H,29,34). The summed E-state index contributed by atoms with van der Waals surface area (Å²) >= 11 is 19.4. The number of thioether (sulfide) groups is 1. The first-order valence-electron chi connectivity index (χ1n) is 10.9. The lowest BCUT2D eigenvalue weighted by Crippen LogP contribution is -2.22. The Hall–Kier alpha value is -2.92. The molecule has 0 fully saturated rings. The summed E-state index contributed by atoms with van der Waals surface area (Å²) in [5, 5.41) is 15.2. The number of rotatable bonds is 11. The molecule has 37 heavy (non-hydrogen) atoms. The van der Waals surface area contributed by atoms with Gasteiger partial charge in [-0.25, -0.2) is 0 Å². The van der Waals surface area contributed by atoms with E-state index in [2.05, 4.69) is 20.8 Å². The van der Waals surface area contributed by atoms with E-state index in [1.165, 1.54) is 30.0 Å². The molecule has 2 aromatic carbocycles. The van der Waals surface area contributed by atoms with Crippen LogP contribution in [0.3, 0.4) is 0 Å². The molecule has 0 atom stereocenters. The minimum Gasteiger partial charge on any atom is -0.493 e. The fraction of sp³-hybridized carbons (Fsp3) is 0.250. The Morgan fingerprint density at radius 3 is 2.41 bits per heavy atom. The number of amides is 2. The molecule has 3 aromatic rings. The highest BCUT2D eigenvalue weighted by Gasteiger charge is 2.16. The molecule has 0 bridgehead atoms. The zero-order chi connectivity index (χ0) is 26.9. The lowest BCUT2D eigenvalue weighted by atomic mass is 10.2. The Kier molecular flexibility index (Phi) is 10.5. The van der Waals surface area contributed by atoms with Crippen LogP contribution in [0.2, 0.25) is 15.1 Å². The van der Waals surface area contributed by atoms with Gasteiger partial charge in [0.1, 0.15) is 0 Å². The quantitative estimate of drug-likeness (QED) is 0.232. The van der Waals surface area contributed by atoms with Gasteiger partial charge in [-0.3, -0.25) is 9.59 Å². The van der Waals surface area contributed by atoms with Crippen molar-refractivity contribution in [3.05, 3.63) is 62.9 Å². The Morgan fingerprint density at radius 2 is 1.76 bits per heavy atom. The molecule has 0 saturated carbocycles. The van der Waals surface area contributed by atoms with Gasteiger partial charge in [0.15, 0.2) is 22.5 Å². The molecule has 0 unspecified atom stereocenters. The normalized spacial score (nSPS) is 11.0. The minimum absolute atomic E-state index is 0.0494. The number of benzene rings is 2. The summed E-state index contributed by atoms with van der Waals surface area (Å²) in [4.78, 5) is 24.8. The van der Waals surface area contributed by atoms with Crippen molar-refractivity contribution in [2.75, 3.05) is 25.3 Å². The van der Waals surface area contributed by atoms with Crippen molar-refractivity contribution >= 4 is 70.1 Å². The number of halogens is 3. The fourth-order valence-corrected chi connectivity index (χ4v) is 4.93. The molecular formula is C24H24Cl3N5O4S. The van der Waals surface area contributed by atoms with Gasteiger partial charge in [-0.15, -0.1) is 10.2 Å². The Morgan fingerprint density at radius 1 is 1.05 bits per heavy atom. The SMILES string of the molecule is CCn1c(CNC(=O)C=Cc2ccc(OC)c(OC)c2)nnc1SCC(=O)Nc1c(Cl)cc(Cl)cc1Cl. The van der Waals surface area contributed by atoms with E-state index in [4.69, 9.17) is 44.3 Å². The van der Waals surface area contributed by atoms with Crippen molar-refractivity contribution in [1.29, 1.82) is 0 Å². The molecule has 0 aliphatic heterocycles. The van der Waals surface area contributed by atoms with Gasteiger partial charge in [-0.2, -0.15) is 0 Å². The Bertz CT molecular complexity index is 1290. The molecule has 0 saturated heterocycles. The highest BCUT2D eigenvalue weighted by molar-refractivity contribution is 7.99. The first kappa shape index (κ1) is 28.6. The Labute approximate surface area is 233 Å². The number of anilines is 1. The van der Waals surface area contributed by atoms with Crippen LogP contribution in [0.5, 0.6) is 11.5 Å². The summed E-state index contributed by atoms with van der Waals surface area (Å²) in [6, 6.07) is 8.33. The highest BCUT2D eigenvalue weighted by Crippen LogP contribution is 2.34. The zero-order valence-corrected chi connectivity index (χ0v) is 23.3. The molecule has 2 N–H and O–H groups in total. The van der Waals surface area contributed by atoms with Gasteiger partial charge in [-0.05, 0) is 42.8 Å². The number of hydrogen-bond donors (Lipinski definition) is 2. The molecule has 3 rings (SSSR count). The van der Waals surface area contributed by atoms with Gasteiger partial charge in [0.2, 0.25) is 11.8 Å². The van der Waals surface area contributed by atoms with Crippen LogP contribution in [0.1, 0.15) is 18.3 Å². The van der Waals surface area contributed by atoms with E-state index < -0.39 is 0 Å². The van der Waals surface area contributed by atoms with Crippen molar-refractivity contribution in [3.63, 3.8) is 0 Å². The largest absolute Gasteiger partial charge is 0.493 e. The van der Waals surface area contributed by atoms with Gasteiger partial charge in [0.05, 0.1) is 42.2 Å². The van der Waals surface area contributed by atoms with E-state index >= 15 is 0 Å². The maximum Gasteiger partial charge on any atom is 0.244 e. The second kappa shape index (κ2) is 13.6. The van der Waals surface area contributed by atoms with E-state index in [0.29, 0.717) is 39.7 Å². The van der Waals surface area contributed by atoms with E-state index in [9.17, 15) is 9.59 Å². The van der Waals surface area contributed by atoms with Crippen LogP contribution in [0.15, 0.2) is 41.6 Å². The number of aromatic nitrogens is 3. The third-order valence-electron chi connectivity index (χ3n) is 4.97. The maximum absolute atomic E-state index is 12.4. The second-order valence-corrected chi connectivity index (χ2v) is 9.58. The number of nitrogens with one attached hydrogen (secondary N) is 2. The average Bonchev–Trinajstić information content (AvgIpc) is 3.28. The fourth-order valence-electron chi connectivity index (χ4n) is 3.19. The lowest BCUT2D eigenvalue weighted by molar-refractivity contribution is -0.116. The highest BCUT2D eigenvalue weighted by atomic mass is 35.5. The number of ether oxygens (including phenoxy) is 2. The first-order valence-corrected chi connectivity index (χ1v) is 13.0. The number of hydrogen-bond acceptors (Lipinski definition) is 7.